The molecule has 4 heteroatoms. The Morgan fingerprint density at radius 2 is 2.00 bits per heavy atom. The molecule has 19 heavy (non-hydrogen) atoms. The van der Waals surface area contributed by atoms with Crippen molar-refractivity contribution in [2.45, 2.75) is 64.0 Å². The minimum atomic E-state index is -0.258. The first-order valence-corrected chi connectivity index (χ1v) is 8.06. The van der Waals surface area contributed by atoms with E-state index in [-0.39, 0.29) is 11.4 Å². The second-order valence-corrected chi connectivity index (χ2v) is 6.85. The van der Waals surface area contributed by atoms with Crippen LogP contribution in [0.15, 0.2) is 12.1 Å². The maximum atomic E-state index is 12.0. The zero-order valence-corrected chi connectivity index (χ0v) is 12.5. The Bertz CT molecular complexity index is 422. The van der Waals surface area contributed by atoms with Gasteiger partial charge >= 0.3 is 0 Å². The van der Waals surface area contributed by atoms with E-state index in [0.717, 1.165) is 32.1 Å². The molecule has 0 aliphatic heterocycles. The number of carbonyl (C=O) groups is 1. The van der Waals surface area contributed by atoms with Gasteiger partial charge in [-0.1, -0.05) is 26.2 Å². The predicted octanol–water partition coefficient (Wildman–Crippen LogP) is 2.98. The number of nitrogens with two attached hydrogens (primary N) is 1. The zero-order chi connectivity index (χ0) is 13.7. The summed E-state index contributed by atoms with van der Waals surface area (Å²) < 4.78 is 0. The summed E-state index contributed by atoms with van der Waals surface area (Å²) in [4.78, 5) is 14.6. The SMILES string of the molecule is CCc1ccc(CNC(=O)CC2(N)CCCCC2)s1. The Kier molecular flexibility index (Phi) is 4.99. The summed E-state index contributed by atoms with van der Waals surface area (Å²) in [6.45, 7) is 2.79. The lowest BCUT2D eigenvalue weighted by atomic mass is 9.80. The third kappa shape index (κ3) is 4.32. The number of amides is 1. The normalized spacial score (nSPS) is 18.2. The summed E-state index contributed by atoms with van der Waals surface area (Å²) in [6, 6.07) is 4.24. The minimum Gasteiger partial charge on any atom is -0.351 e. The van der Waals surface area contributed by atoms with E-state index in [9.17, 15) is 4.79 Å². The van der Waals surface area contributed by atoms with Gasteiger partial charge in [-0.3, -0.25) is 4.79 Å². The molecule has 3 nitrogen and oxygen atoms in total. The third-order valence-electron chi connectivity index (χ3n) is 3.89. The molecule has 106 valence electrons. The molecule has 1 aliphatic rings. The Balaban J connectivity index is 1.77. The maximum Gasteiger partial charge on any atom is 0.222 e. The smallest absolute Gasteiger partial charge is 0.222 e. The van der Waals surface area contributed by atoms with Crippen LogP contribution in [0.5, 0.6) is 0 Å². The summed E-state index contributed by atoms with van der Waals surface area (Å²) in [6.07, 6.45) is 7.08. The Hall–Kier alpha value is -0.870. The lowest BCUT2D eigenvalue weighted by Crippen LogP contribution is -2.45. The highest BCUT2D eigenvalue weighted by Crippen LogP contribution is 2.28. The van der Waals surface area contributed by atoms with Crippen molar-refractivity contribution in [1.29, 1.82) is 0 Å². The van der Waals surface area contributed by atoms with E-state index in [4.69, 9.17) is 5.73 Å². The second kappa shape index (κ2) is 6.53. The Morgan fingerprint density at radius 1 is 1.32 bits per heavy atom. The predicted molar refractivity (Wildman–Crippen MR) is 80.2 cm³/mol. The van der Waals surface area contributed by atoms with E-state index in [1.165, 1.54) is 16.2 Å². The molecule has 0 aromatic carbocycles. The zero-order valence-electron chi connectivity index (χ0n) is 11.7. The van der Waals surface area contributed by atoms with Crippen LogP contribution in [0.1, 0.15) is 55.2 Å². The molecule has 1 aromatic rings. The number of rotatable bonds is 5. The van der Waals surface area contributed by atoms with Crippen LogP contribution in [0.25, 0.3) is 0 Å². The molecule has 1 fully saturated rings. The van der Waals surface area contributed by atoms with Crippen LogP contribution in [0, 0.1) is 0 Å². The first-order valence-electron chi connectivity index (χ1n) is 7.24. The van der Waals surface area contributed by atoms with Crippen molar-refractivity contribution in [3.05, 3.63) is 21.9 Å². The van der Waals surface area contributed by atoms with E-state index < -0.39 is 0 Å². The van der Waals surface area contributed by atoms with E-state index in [2.05, 4.69) is 24.4 Å². The van der Waals surface area contributed by atoms with Crippen LogP contribution in [-0.2, 0) is 17.8 Å². The quantitative estimate of drug-likeness (QED) is 0.871. The summed E-state index contributed by atoms with van der Waals surface area (Å²) in [5.74, 6) is 0.0934. The van der Waals surface area contributed by atoms with Crippen LogP contribution >= 0.6 is 11.3 Å². The van der Waals surface area contributed by atoms with Gasteiger partial charge in [0.1, 0.15) is 0 Å². The van der Waals surface area contributed by atoms with E-state index in [1.807, 2.05) is 0 Å². The maximum absolute atomic E-state index is 12.0. The largest absolute Gasteiger partial charge is 0.351 e. The highest BCUT2D eigenvalue weighted by molar-refractivity contribution is 7.11. The van der Waals surface area contributed by atoms with Crippen molar-refractivity contribution in [3.8, 4) is 0 Å². The van der Waals surface area contributed by atoms with Gasteiger partial charge in [-0.15, -0.1) is 11.3 Å². The van der Waals surface area contributed by atoms with Gasteiger partial charge in [0, 0.05) is 21.7 Å². The van der Waals surface area contributed by atoms with Gasteiger partial charge in [-0.25, -0.2) is 0 Å². The summed E-state index contributed by atoms with van der Waals surface area (Å²) in [7, 11) is 0. The number of aryl methyl sites for hydroxylation is 1. The minimum absolute atomic E-state index is 0.0934. The Labute approximate surface area is 119 Å². The molecule has 0 unspecified atom stereocenters. The standard InChI is InChI=1S/C15H24N2OS/c1-2-12-6-7-13(19-12)11-17-14(18)10-15(16)8-4-3-5-9-15/h6-7H,2-5,8-11,16H2,1H3,(H,17,18). The first kappa shape index (κ1) is 14.5. The first-order chi connectivity index (χ1) is 9.11. The molecule has 0 saturated heterocycles. The number of nitrogens with one attached hydrogen (secondary N) is 1. The molecule has 0 bridgehead atoms. The van der Waals surface area contributed by atoms with Crippen LogP contribution in [0.3, 0.4) is 0 Å². The number of hydrogen-bond acceptors (Lipinski definition) is 3. The van der Waals surface area contributed by atoms with Crippen LogP contribution in [-0.4, -0.2) is 11.4 Å². The van der Waals surface area contributed by atoms with Crippen molar-refractivity contribution in [2.24, 2.45) is 5.73 Å². The Morgan fingerprint density at radius 3 is 2.63 bits per heavy atom. The number of carbonyl (C=O) groups excluding carboxylic acids is 1. The van der Waals surface area contributed by atoms with E-state index in [1.54, 1.807) is 11.3 Å². The van der Waals surface area contributed by atoms with E-state index in [0.29, 0.717) is 13.0 Å². The fourth-order valence-electron chi connectivity index (χ4n) is 2.71. The van der Waals surface area contributed by atoms with E-state index >= 15 is 0 Å². The second-order valence-electron chi connectivity index (χ2n) is 5.60. The summed E-state index contributed by atoms with van der Waals surface area (Å²) in [5, 5.41) is 3.00. The molecule has 1 heterocycles. The van der Waals surface area contributed by atoms with Gasteiger partial charge in [-0.2, -0.15) is 0 Å². The lowest BCUT2D eigenvalue weighted by Gasteiger charge is -2.32. The molecular formula is C15H24N2OS. The van der Waals surface area contributed by atoms with Gasteiger partial charge in [0.2, 0.25) is 5.91 Å². The molecule has 0 radical (unpaired) electrons. The van der Waals surface area contributed by atoms with Crippen molar-refractivity contribution < 1.29 is 4.79 Å². The average Bonchev–Trinajstić information content (AvgIpc) is 2.84. The van der Waals surface area contributed by atoms with Crippen LogP contribution in [0.4, 0.5) is 0 Å². The molecule has 2 rings (SSSR count). The fraction of sp³-hybridized carbons (Fsp3) is 0.667. The molecule has 0 atom stereocenters. The van der Waals surface area contributed by atoms with Gasteiger partial charge in [0.05, 0.1) is 6.54 Å². The van der Waals surface area contributed by atoms with Crippen LogP contribution < -0.4 is 11.1 Å². The number of thiophene rings is 1. The molecule has 1 aromatic heterocycles. The summed E-state index contributed by atoms with van der Waals surface area (Å²) in [5.41, 5.74) is 6.04. The summed E-state index contributed by atoms with van der Waals surface area (Å²) >= 11 is 1.77. The highest BCUT2D eigenvalue weighted by Gasteiger charge is 2.29. The topological polar surface area (TPSA) is 55.1 Å². The molecule has 1 saturated carbocycles. The fourth-order valence-corrected chi connectivity index (χ4v) is 3.61. The van der Waals surface area contributed by atoms with Crippen molar-refractivity contribution in [1.82, 2.24) is 5.32 Å². The number of hydrogen-bond donors (Lipinski definition) is 2. The lowest BCUT2D eigenvalue weighted by molar-refractivity contribution is -0.122. The molecule has 1 aliphatic carbocycles. The van der Waals surface area contributed by atoms with Gasteiger partial charge < -0.3 is 11.1 Å². The van der Waals surface area contributed by atoms with Crippen molar-refractivity contribution >= 4 is 17.2 Å². The molecular weight excluding hydrogens is 256 g/mol. The molecule has 3 N–H and O–H groups in total. The van der Waals surface area contributed by atoms with Gasteiger partial charge in [0.25, 0.3) is 0 Å². The van der Waals surface area contributed by atoms with Crippen molar-refractivity contribution in [2.75, 3.05) is 0 Å². The van der Waals surface area contributed by atoms with Crippen LogP contribution in [0.2, 0.25) is 0 Å². The van der Waals surface area contributed by atoms with Crippen molar-refractivity contribution in [3.63, 3.8) is 0 Å². The molecule has 0 spiro atoms. The monoisotopic (exact) mass is 280 g/mol. The third-order valence-corrected chi connectivity index (χ3v) is 5.12. The average molecular weight is 280 g/mol. The highest BCUT2D eigenvalue weighted by atomic mass is 32.1. The van der Waals surface area contributed by atoms with Gasteiger partial charge in [0.15, 0.2) is 0 Å². The van der Waals surface area contributed by atoms with Gasteiger partial charge in [-0.05, 0) is 31.4 Å². The molecule has 1 amide bonds.